The van der Waals surface area contributed by atoms with E-state index >= 15 is 0 Å². The molecule has 0 spiro atoms. The van der Waals surface area contributed by atoms with Crippen molar-refractivity contribution in [3.63, 3.8) is 0 Å². The number of amides is 1. The molecule has 0 aliphatic carbocycles. The Morgan fingerprint density at radius 1 is 1.36 bits per heavy atom. The molecule has 28 heavy (non-hydrogen) atoms. The molecule has 11 heteroatoms. The second-order valence-electron chi connectivity index (χ2n) is 5.90. The summed E-state index contributed by atoms with van der Waals surface area (Å²) in [4.78, 5) is 12.9. The molecule has 1 aromatic carbocycles. The number of rotatable bonds is 10. The fourth-order valence-electron chi connectivity index (χ4n) is 2.50. The average molecular weight is 445 g/mol. The van der Waals surface area contributed by atoms with Crippen LogP contribution in [-0.2, 0) is 14.8 Å². The van der Waals surface area contributed by atoms with E-state index in [2.05, 4.69) is 22.4 Å². The summed E-state index contributed by atoms with van der Waals surface area (Å²) in [6.07, 6.45) is 2.37. The third kappa shape index (κ3) is 5.82. The van der Waals surface area contributed by atoms with Gasteiger partial charge in [0.15, 0.2) is 4.34 Å². The van der Waals surface area contributed by atoms with E-state index in [1.165, 1.54) is 18.4 Å². The standard InChI is InChI=1S/C17H24N4O4S3/c1-5-10-26-17-20-19-16(27-17)18-15(22)14(6-2)21(28(4,23)24)12-8-7-9-13(11-12)25-3/h7-9,11,14H,5-6,10H2,1-4H3,(H,18,19,22)/t14-/m0/s1. The molecule has 0 saturated carbocycles. The minimum Gasteiger partial charge on any atom is -0.497 e. The lowest BCUT2D eigenvalue weighted by molar-refractivity contribution is -0.117. The van der Waals surface area contributed by atoms with Crippen LogP contribution in [0.4, 0.5) is 10.8 Å². The first-order valence-corrected chi connectivity index (χ1v) is 12.4. The van der Waals surface area contributed by atoms with E-state index in [-0.39, 0.29) is 6.42 Å². The van der Waals surface area contributed by atoms with Gasteiger partial charge >= 0.3 is 0 Å². The quantitative estimate of drug-likeness (QED) is 0.443. The number of sulfonamides is 1. The minimum absolute atomic E-state index is 0.284. The summed E-state index contributed by atoms with van der Waals surface area (Å²) >= 11 is 2.84. The van der Waals surface area contributed by atoms with Crippen molar-refractivity contribution in [2.45, 2.75) is 37.1 Å². The van der Waals surface area contributed by atoms with Gasteiger partial charge in [-0.15, -0.1) is 10.2 Å². The number of ether oxygens (including phenoxy) is 1. The summed E-state index contributed by atoms with van der Waals surface area (Å²) in [5.74, 6) is 0.958. The highest BCUT2D eigenvalue weighted by Gasteiger charge is 2.32. The number of benzene rings is 1. The van der Waals surface area contributed by atoms with Crippen molar-refractivity contribution in [3.05, 3.63) is 24.3 Å². The Bertz CT molecular complexity index is 901. The maximum Gasteiger partial charge on any atom is 0.250 e. The van der Waals surface area contributed by atoms with Crippen LogP contribution < -0.4 is 14.4 Å². The highest BCUT2D eigenvalue weighted by Crippen LogP contribution is 2.29. The third-order valence-electron chi connectivity index (χ3n) is 3.70. The van der Waals surface area contributed by atoms with Crippen LogP contribution in [0.2, 0.25) is 0 Å². The Balaban J connectivity index is 2.27. The average Bonchev–Trinajstić information content (AvgIpc) is 3.10. The van der Waals surface area contributed by atoms with E-state index in [0.29, 0.717) is 16.6 Å². The lowest BCUT2D eigenvalue weighted by Gasteiger charge is -2.29. The Hall–Kier alpha value is -1.85. The van der Waals surface area contributed by atoms with Crippen molar-refractivity contribution >= 4 is 49.8 Å². The van der Waals surface area contributed by atoms with Gasteiger partial charge in [0.25, 0.3) is 0 Å². The van der Waals surface area contributed by atoms with Gasteiger partial charge in [-0.25, -0.2) is 8.42 Å². The monoisotopic (exact) mass is 444 g/mol. The van der Waals surface area contributed by atoms with Crippen molar-refractivity contribution in [2.24, 2.45) is 0 Å². The molecule has 0 saturated heterocycles. The summed E-state index contributed by atoms with van der Waals surface area (Å²) in [7, 11) is -2.22. The maximum absolute atomic E-state index is 12.9. The summed E-state index contributed by atoms with van der Waals surface area (Å²) in [6.45, 7) is 3.83. The number of methoxy groups -OCH3 is 1. The van der Waals surface area contributed by atoms with Gasteiger partial charge < -0.3 is 4.74 Å². The van der Waals surface area contributed by atoms with Crippen LogP contribution in [0.3, 0.4) is 0 Å². The first-order valence-electron chi connectivity index (χ1n) is 8.70. The van der Waals surface area contributed by atoms with Crippen LogP contribution in [0.1, 0.15) is 26.7 Å². The van der Waals surface area contributed by atoms with Crippen molar-refractivity contribution < 1.29 is 17.9 Å². The van der Waals surface area contributed by atoms with Crippen LogP contribution in [0, 0.1) is 0 Å². The van der Waals surface area contributed by atoms with Gasteiger partial charge in [0.2, 0.25) is 21.1 Å². The molecule has 0 radical (unpaired) electrons. The van der Waals surface area contributed by atoms with Gasteiger partial charge in [-0.1, -0.05) is 43.0 Å². The number of thioether (sulfide) groups is 1. The normalized spacial score (nSPS) is 12.4. The lowest BCUT2D eigenvalue weighted by Crippen LogP contribution is -2.47. The highest BCUT2D eigenvalue weighted by atomic mass is 32.2. The number of hydrogen-bond acceptors (Lipinski definition) is 8. The van der Waals surface area contributed by atoms with Crippen molar-refractivity contribution in [1.82, 2.24) is 10.2 Å². The molecule has 1 atom stereocenters. The van der Waals surface area contributed by atoms with Gasteiger partial charge in [-0.3, -0.25) is 14.4 Å². The topological polar surface area (TPSA) is 101 Å². The summed E-state index contributed by atoms with van der Waals surface area (Å²) < 4.78 is 32.0. The lowest BCUT2D eigenvalue weighted by atomic mass is 10.2. The van der Waals surface area contributed by atoms with Gasteiger partial charge in [0, 0.05) is 11.8 Å². The maximum atomic E-state index is 12.9. The van der Waals surface area contributed by atoms with Gasteiger partial charge in [-0.05, 0) is 25.0 Å². The van der Waals surface area contributed by atoms with E-state index in [1.807, 2.05) is 0 Å². The molecular formula is C17H24N4O4S3. The number of anilines is 2. The third-order valence-corrected chi connectivity index (χ3v) is 7.06. The number of nitrogens with one attached hydrogen (secondary N) is 1. The second kappa shape index (κ2) is 10.1. The number of carbonyl (C=O) groups is 1. The molecular weight excluding hydrogens is 420 g/mol. The van der Waals surface area contributed by atoms with E-state index in [9.17, 15) is 13.2 Å². The Morgan fingerprint density at radius 3 is 2.71 bits per heavy atom. The zero-order chi connectivity index (χ0) is 20.7. The highest BCUT2D eigenvalue weighted by molar-refractivity contribution is 8.01. The van der Waals surface area contributed by atoms with E-state index in [0.717, 1.165) is 27.1 Å². The summed E-state index contributed by atoms with van der Waals surface area (Å²) in [5.41, 5.74) is 0.361. The van der Waals surface area contributed by atoms with Crippen molar-refractivity contribution in [3.8, 4) is 5.75 Å². The van der Waals surface area contributed by atoms with Crippen LogP contribution in [0.25, 0.3) is 0 Å². The SMILES string of the molecule is CCCSc1nnc(NC(=O)[C@H](CC)N(c2cccc(OC)c2)S(C)(=O)=O)s1. The van der Waals surface area contributed by atoms with E-state index < -0.39 is 22.0 Å². The molecule has 0 aliphatic heterocycles. The molecule has 154 valence electrons. The molecule has 0 unspecified atom stereocenters. The molecule has 1 N–H and O–H groups in total. The Kier molecular flexibility index (Phi) is 8.08. The molecule has 1 amide bonds. The number of hydrogen-bond donors (Lipinski definition) is 1. The number of carbonyl (C=O) groups excluding carboxylic acids is 1. The van der Waals surface area contributed by atoms with E-state index in [4.69, 9.17) is 4.74 Å². The Morgan fingerprint density at radius 2 is 2.11 bits per heavy atom. The van der Waals surface area contributed by atoms with Gasteiger partial charge in [0.05, 0.1) is 19.1 Å². The predicted octanol–water partition coefficient (Wildman–Crippen LogP) is 3.23. The van der Waals surface area contributed by atoms with Crippen LogP contribution in [0.5, 0.6) is 5.75 Å². The second-order valence-corrected chi connectivity index (χ2v) is 10.1. The largest absolute Gasteiger partial charge is 0.497 e. The first kappa shape index (κ1) is 22.4. The number of nitrogens with zero attached hydrogens (tertiary/aromatic N) is 3. The first-order chi connectivity index (χ1) is 13.3. The molecule has 2 aromatic rings. The molecule has 1 heterocycles. The summed E-state index contributed by atoms with van der Waals surface area (Å²) in [5, 5.41) is 11.1. The molecule has 1 aromatic heterocycles. The Labute approximate surface area is 173 Å². The fourth-order valence-corrected chi connectivity index (χ4v) is 5.39. The molecule has 0 bridgehead atoms. The van der Waals surface area contributed by atoms with Gasteiger partial charge in [0.1, 0.15) is 11.8 Å². The molecule has 8 nitrogen and oxygen atoms in total. The molecule has 2 rings (SSSR count). The number of aromatic nitrogens is 2. The van der Waals surface area contributed by atoms with Crippen molar-refractivity contribution in [1.29, 1.82) is 0 Å². The van der Waals surface area contributed by atoms with E-state index in [1.54, 1.807) is 43.0 Å². The molecule has 0 aliphatic rings. The zero-order valence-electron chi connectivity index (χ0n) is 16.2. The molecule has 0 fully saturated rings. The zero-order valence-corrected chi connectivity index (χ0v) is 18.7. The van der Waals surface area contributed by atoms with Gasteiger partial charge in [-0.2, -0.15) is 0 Å². The van der Waals surface area contributed by atoms with Crippen LogP contribution in [-0.4, -0.2) is 49.7 Å². The van der Waals surface area contributed by atoms with Crippen LogP contribution in [0.15, 0.2) is 28.6 Å². The fraction of sp³-hybridized carbons (Fsp3) is 0.471. The van der Waals surface area contributed by atoms with Crippen molar-refractivity contribution in [2.75, 3.05) is 28.7 Å². The predicted molar refractivity (Wildman–Crippen MR) is 114 cm³/mol. The minimum atomic E-state index is -3.72. The smallest absolute Gasteiger partial charge is 0.250 e. The van der Waals surface area contributed by atoms with Crippen LogP contribution >= 0.6 is 23.1 Å². The summed E-state index contributed by atoms with van der Waals surface area (Å²) in [6, 6.07) is 5.67.